The van der Waals surface area contributed by atoms with Crippen LogP contribution >= 0.6 is 11.3 Å². The summed E-state index contributed by atoms with van der Waals surface area (Å²) in [5.41, 5.74) is 1.68. The van der Waals surface area contributed by atoms with Crippen molar-refractivity contribution in [2.75, 3.05) is 18.9 Å². The van der Waals surface area contributed by atoms with Crippen LogP contribution in [0.15, 0.2) is 28.9 Å². The van der Waals surface area contributed by atoms with Crippen molar-refractivity contribution >= 4 is 28.3 Å². The molecule has 5 nitrogen and oxygen atoms in total. The Labute approximate surface area is 132 Å². The number of carbonyl (C=O) groups is 1. The maximum atomic E-state index is 12.0. The number of nitrogens with one attached hydrogen (secondary N) is 1. The zero-order valence-corrected chi connectivity index (χ0v) is 12.9. The predicted octanol–water partition coefficient (Wildman–Crippen LogP) is 2.85. The van der Waals surface area contributed by atoms with Gasteiger partial charge in [0.1, 0.15) is 16.8 Å². The van der Waals surface area contributed by atoms with Gasteiger partial charge >= 0.3 is 0 Å². The summed E-state index contributed by atoms with van der Waals surface area (Å²) >= 11 is 1.49. The number of anilines is 1. The number of hydrogen-bond acceptors (Lipinski definition) is 5. The largest absolute Gasteiger partial charge is 0.465 e. The molecule has 1 amide bonds. The fraction of sp³-hybridized carbons (Fsp3) is 0.250. The summed E-state index contributed by atoms with van der Waals surface area (Å²) in [5.74, 6) is 0.350. The lowest BCUT2D eigenvalue weighted by Crippen LogP contribution is -2.25. The number of nitriles is 1. The molecule has 112 valence electrons. The normalized spacial score (nSPS) is 14.7. The van der Waals surface area contributed by atoms with E-state index in [0.717, 1.165) is 30.0 Å². The number of rotatable bonds is 3. The van der Waals surface area contributed by atoms with Crippen LogP contribution in [0.5, 0.6) is 0 Å². The number of likely N-dealkylation sites (N-methyl/N-ethyl adjacent to an activating group) is 1. The highest BCUT2D eigenvalue weighted by molar-refractivity contribution is 7.16. The van der Waals surface area contributed by atoms with E-state index in [-0.39, 0.29) is 5.91 Å². The molecular formula is C16H15N3O2S. The lowest BCUT2D eigenvalue weighted by Gasteiger charge is -2.21. The van der Waals surface area contributed by atoms with Gasteiger partial charge in [-0.1, -0.05) is 0 Å². The molecule has 0 radical (unpaired) electrons. The zero-order valence-electron chi connectivity index (χ0n) is 12.1. The first-order valence-corrected chi connectivity index (χ1v) is 7.75. The Balaban J connectivity index is 1.78. The molecule has 6 heteroatoms. The van der Waals surface area contributed by atoms with Crippen molar-refractivity contribution in [3.8, 4) is 6.07 Å². The van der Waals surface area contributed by atoms with E-state index in [0.29, 0.717) is 16.3 Å². The number of nitrogens with zero attached hydrogens (tertiary/aromatic N) is 2. The van der Waals surface area contributed by atoms with Crippen molar-refractivity contribution in [3.05, 3.63) is 46.2 Å². The van der Waals surface area contributed by atoms with Gasteiger partial charge in [-0.15, -0.1) is 11.3 Å². The van der Waals surface area contributed by atoms with E-state index >= 15 is 0 Å². The van der Waals surface area contributed by atoms with Crippen LogP contribution in [-0.2, 0) is 17.8 Å². The third kappa shape index (κ3) is 2.96. The molecule has 0 fully saturated rings. The summed E-state index contributed by atoms with van der Waals surface area (Å²) in [6.45, 7) is 1.76. The molecule has 0 spiro atoms. The molecule has 22 heavy (non-hydrogen) atoms. The number of carbonyl (C=O) groups excluding carboxylic acids is 1. The van der Waals surface area contributed by atoms with Gasteiger partial charge in [0.05, 0.1) is 11.8 Å². The minimum Gasteiger partial charge on any atom is -0.465 e. The summed E-state index contributed by atoms with van der Waals surface area (Å²) < 4.78 is 5.14. The second kappa shape index (κ2) is 6.18. The van der Waals surface area contributed by atoms with Crippen molar-refractivity contribution in [1.82, 2.24) is 4.90 Å². The van der Waals surface area contributed by atoms with Crippen LogP contribution < -0.4 is 5.32 Å². The number of furan rings is 1. The Kier molecular flexibility index (Phi) is 4.09. The van der Waals surface area contributed by atoms with Crippen LogP contribution in [0.25, 0.3) is 6.08 Å². The van der Waals surface area contributed by atoms with E-state index in [1.165, 1.54) is 17.4 Å². The molecule has 1 N–H and O–H groups in total. The topological polar surface area (TPSA) is 69.3 Å². The van der Waals surface area contributed by atoms with Crippen LogP contribution in [-0.4, -0.2) is 24.4 Å². The summed E-state index contributed by atoms with van der Waals surface area (Å²) in [4.78, 5) is 15.4. The highest BCUT2D eigenvalue weighted by Crippen LogP contribution is 2.36. The minimum absolute atomic E-state index is 0.264. The molecule has 0 atom stereocenters. The maximum Gasteiger partial charge on any atom is 0.249 e. The Hall–Kier alpha value is -2.36. The molecule has 0 aromatic carbocycles. The van der Waals surface area contributed by atoms with Gasteiger partial charge in [-0.05, 0) is 37.2 Å². The summed E-state index contributed by atoms with van der Waals surface area (Å²) in [6, 6.07) is 5.76. The van der Waals surface area contributed by atoms with Gasteiger partial charge in [-0.2, -0.15) is 5.26 Å². The predicted molar refractivity (Wildman–Crippen MR) is 85.4 cm³/mol. The molecule has 0 saturated heterocycles. The van der Waals surface area contributed by atoms with Crippen molar-refractivity contribution in [2.24, 2.45) is 0 Å². The first kappa shape index (κ1) is 14.6. The third-order valence-electron chi connectivity index (χ3n) is 3.54. The fourth-order valence-corrected chi connectivity index (χ4v) is 3.72. The highest BCUT2D eigenvalue weighted by atomic mass is 32.1. The zero-order chi connectivity index (χ0) is 15.5. The number of fused-ring (bicyclic) bond motifs is 1. The Morgan fingerprint density at radius 3 is 3.18 bits per heavy atom. The molecular weight excluding hydrogens is 298 g/mol. The van der Waals surface area contributed by atoms with Gasteiger partial charge in [0.15, 0.2) is 0 Å². The van der Waals surface area contributed by atoms with Gasteiger partial charge in [0.25, 0.3) is 0 Å². The van der Waals surface area contributed by atoms with Gasteiger partial charge in [0.2, 0.25) is 5.91 Å². The number of hydrogen-bond donors (Lipinski definition) is 1. The highest BCUT2D eigenvalue weighted by Gasteiger charge is 2.23. The minimum atomic E-state index is -0.264. The Bertz CT molecular complexity index is 753. The molecule has 0 saturated carbocycles. The van der Waals surface area contributed by atoms with Gasteiger partial charge in [-0.25, -0.2) is 0 Å². The molecule has 3 heterocycles. The molecule has 0 bridgehead atoms. The lowest BCUT2D eigenvalue weighted by atomic mass is 10.0. The molecule has 3 rings (SSSR count). The van der Waals surface area contributed by atoms with Gasteiger partial charge < -0.3 is 14.6 Å². The van der Waals surface area contributed by atoms with Crippen LogP contribution in [0.4, 0.5) is 5.00 Å². The summed E-state index contributed by atoms with van der Waals surface area (Å²) in [6.07, 6.45) is 5.41. The number of thiophene rings is 1. The smallest absolute Gasteiger partial charge is 0.249 e. The fourth-order valence-electron chi connectivity index (χ4n) is 2.44. The second-order valence-corrected chi connectivity index (χ2v) is 6.25. The molecule has 0 unspecified atom stereocenters. The third-order valence-corrected chi connectivity index (χ3v) is 4.67. The van der Waals surface area contributed by atoms with E-state index in [4.69, 9.17) is 4.42 Å². The van der Waals surface area contributed by atoms with Crippen molar-refractivity contribution < 1.29 is 9.21 Å². The maximum absolute atomic E-state index is 12.0. The van der Waals surface area contributed by atoms with E-state index in [1.807, 2.05) is 0 Å². The SMILES string of the molecule is CN1CCc2c(sc(NC(=O)/C=C/c3ccco3)c2C#N)C1. The summed E-state index contributed by atoms with van der Waals surface area (Å²) in [5, 5.41) is 12.8. The summed E-state index contributed by atoms with van der Waals surface area (Å²) in [7, 11) is 2.05. The molecule has 1 aliphatic rings. The van der Waals surface area contributed by atoms with Crippen LogP contribution in [0, 0.1) is 11.3 Å². The molecule has 2 aromatic rings. The first-order chi connectivity index (χ1) is 10.7. The van der Waals surface area contributed by atoms with Crippen molar-refractivity contribution in [2.45, 2.75) is 13.0 Å². The Morgan fingerprint density at radius 2 is 2.45 bits per heavy atom. The van der Waals surface area contributed by atoms with Crippen LogP contribution in [0.1, 0.15) is 21.8 Å². The standard InChI is InChI=1S/C16H15N3O2S/c1-19-7-6-12-13(9-17)16(22-14(12)10-19)18-15(20)5-4-11-3-2-8-21-11/h2-5,8H,6-7,10H2,1H3,(H,18,20)/b5-4+. The molecule has 0 aliphatic carbocycles. The van der Waals surface area contributed by atoms with Crippen molar-refractivity contribution in [1.29, 1.82) is 5.26 Å². The Morgan fingerprint density at radius 1 is 1.59 bits per heavy atom. The van der Waals surface area contributed by atoms with Gasteiger partial charge in [0, 0.05) is 24.0 Å². The molecule has 2 aromatic heterocycles. The molecule has 1 aliphatic heterocycles. The average Bonchev–Trinajstić information content (AvgIpc) is 3.11. The first-order valence-electron chi connectivity index (χ1n) is 6.93. The number of amides is 1. The van der Waals surface area contributed by atoms with E-state index in [9.17, 15) is 10.1 Å². The monoisotopic (exact) mass is 313 g/mol. The van der Waals surface area contributed by atoms with Crippen LogP contribution in [0.2, 0.25) is 0 Å². The average molecular weight is 313 g/mol. The second-order valence-electron chi connectivity index (χ2n) is 5.15. The quantitative estimate of drug-likeness (QED) is 0.885. The van der Waals surface area contributed by atoms with E-state index in [2.05, 4.69) is 23.3 Å². The van der Waals surface area contributed by atoms with Crippen LogP contribution in [0.3, 0.4) is 0 Å². The van der Waals surface area contributed by atoms with Crippen molar-refractivity contribution in [3.63, 3.8) is 0 Å². The van der Waals surface area contributed by atoms with Gasteiger partial charge in [-0.3, -0.25) is 4.79 Å². The van der Waals surface area contributed by atoms with E-state index < -0.39 is 0 Å². The van der Waals surface area contributed by atoms with E-state index in [1.54, 1.807) is 24.5 Å². The lowest BCUT2D eigenvalue weighted by molar-refractivity contribution is -0.111.